The summed E-state index contributed by atoms with van der Waals surface area (Å²) in [5.41, 5.74) is 0. The van der Waals surface area contributed by atoms with Crippen molar-refractivity contribution in [3.63, 3.8) is 0 Å². The summed E-state index contributed by atoms with van der Waals surface area (Å²) in [4.78, 5) is 11.2. The van der Waals surface area contributed by atoms with Gasteiger partial charge in [0, 0.05) is 38.6 Å². The number of hydrogen-bond acceptors (Lipinski definition) is 3. The molecule has 0 bridgehead atoms. The normalized spacial score (nSPS) is 21.9. The van der Waals surface area contributed by atoms with E-state index in [0.29, 0.717) is 25.1 Å². The molecule has 1 saturated heterocycles. The number of aliphatic imine (C=N–C) groups is 1. The third kappa shape index (κ3) is 5.95. The van der Waals surface area contributed by atoms with Gasteiger partial charge in [0.1, 0.15) is 0 Å². The molecule has 1 N–H and O–H groups in total. The first-order valence-electron chi connectivity index (χ1n) is 8.34. The van der Waals surface area contributed by atoms with Crippen molar-refractivity contribution >= 4 is 29.9 Å². The maximum absolute atomic E-state index is 5.38. The molecule has 132 valence electrons. The molecule has 0 amide bonds. The average molecular weight is 435 g/mol. The van der Waals surface area contributed by atoms with Gasteiger partial charge >= 0.3 is 0 Å². The number of nitrogens with one attached hydrogen (secondary N) is 1. The Morgan fingerprint density at radius 2 is 2.26 bits per heavy atom. The molecule has 2 unspecified atom stereocenters. The van der Waals surface area contributed by atoms with Gasteiger partial charge in [-0.3, -0.25) is 4.99 Å². The molecule has 0 saturated carbocycles. The Balaban J connectivity index is 0.00000264. The lowest BCUT2D eigenvalue weighted by molar-refractivity contribution is 0.154. The topological polar surface area (TPSA) is 54.7 Å². The first-order valence-corrected chi connectivity index (χ1v) is 8.34. The maximum Gasteiger partial charge on any atom is 0.194 e. The molecule has 7 heteroatoms. The number of imidazole rings is 1. The van der Waals surface area contributed by atoms with Crippen LogP contribution in [-0.2, 0) is 4.74 Å². The van der Waals surface area contributed by atoms with Crippen LogP contribution in [0.1, 0.15) is 33.2 Å². The zero-order chi connectivity index (χ0) is 15.8. The Kier molecular flexibility index (Phi) is 9.54. The molecule has 2 heterocycles. The van der Waals surface area contributed by atoms with Gasteiger partial charge < -0.3 is 19.5 Å². The van der Waals surface area contributed by atoms with Crippen LogP contribution in [0.2, 0.25) is 0 Å². The van der Waals surface area contributed by atoms with Crippen molar-refractivity contribution in [2.24, 2.45) is 10.9 Å². The first kappa shape index (κ1) is 20.2. The highest BCUT2D eigenvalue weighted by molar-refractivity contribution is 14.0. The van der Waals surface area contributed by atoms with E-state index in [4.69, 9.17) is 9.73 Å². The van der Waals surface area contributed by atoms with Gasteiger partial charge in [0.2, 0.25) is 0 Å². The van der Waals surface area contributed by atoms with E-state index < -0.39 is 0 Å². The van der Waals surface area contributed by atoms with Gasteiger partial charge in [-0.1, -0.05) is 6.92 Å². The Bertz CT molecular complexity index is 451. The highest BCUT2D eigenvalue weighted by Crippen LogP contribution is 2.27. The van der Waals surface area contributed by atoms with Crippen LogP contribution in [0.5, 0.6) is 0 Å². The fourth-order valence-corrected chi connectivity index (χ4v) is 2.88. The van der Waals surface area contributed by atoms with Crippen molar-refractivity contribution in [1.29, 1.82) is 0 Å². The summed E-state index contributed by atoms with van der Waals surface area (Å²) in [6.45, 7) is 11.5. The number of rotatable bonds is 6. The van der Waals surface area contributed by atoms with Crippen LogP contribution in [0.25, 0.3) is 0 Å². The summed E-state index contributed by atoms with van der Waals surface area (Å²) in [6.07, 6.45) is 7.00. The number of aromatic nitrogens is 2. The molecular weight excluding hydrogens is 405 g/mol. The molecule has 6 nitrogen and oxygen atoms in total. The van der Waals surface area contributed by atoms with Crippen LogP contribution >= 0.6 is 24.0 Å². The summed E-state index contributed by atoms with van der Waals surface area (Å²) in [6, 6.07) is 0.451. The van der Waals surface area contributed by atoms with E-state index in [1.54, 1.807) is 0 Å². The molecule has 2 rings (SSSR count). The van der Waals surface area contributed by atoms with Crippen molar-refractivity contribution in [1.82, 2.24) is 19.8 Å². The van der Waals surface area contributed by atoms with Gasteiger partial charge in [-0.05, 0) is 26.2 Å². The van der Waals surface area contributed by atoms with E-state index in [2.05, 4.69) is 39.8 Å². The summed E-state index contributed by atoms with van der Waals surface area (Å²) < 4.78 is 7.60. The third-order valence-corrected chi connectivity index (χ3v) is 4.16. The number of hydrogen-bond donors (Lipinski definition) is 1. The molecule has 23 heavy (non-hydrogen) atoms. The van der Waals surface area contributed by atoms with Gasteiger partial charge in [0.15, 0.2) is 5.96 Å². The van der Waals surface area contributed by atoms with E-state index in [1.165, 1.54) is 6.42 Å². The molecule has 1 aromatic heterocycles. The highest BCUT2D eigenvalue weighted by atomic mass is 127. The minimum atomic E-state index is 0. The smallest absolute Gasteiger partial charge is 0.194 e. The van der Waals surface area contributed by atoms with Gasteiger partial charge in [-0.25, -0.2) is 4.98 Å². The van der Waals surface area contributed by atoms with Crippen molar-refractivity contribution in [3.8, 4) is 0 Å². The number of nitrogens with zero attached hydrogens (tertiary/aromatic N) is 4. The lowest BCUT2D eigenvalue weighted by Crippen LogP contribution is -2.49. The Labute approximate surface area is 156 Å². The first-order chi connectivity index (χ1) is 10.8. The van der Waals surface area contributed by atoms with Crippen LogP contribution in [-0.4, -0.2) is 59.8 Å². The number of guanidine groups is 1. The van der Waals surface area contributed by atoms with Gasteiger partial charge in [-0.15, -0.1) is 24.0 Å². The van der Waals surface area contributed by atoms with Crippen molar-refractivity contribution in [2.75, 3.05) is 39.4 Å². The number of likely N-dealkylation sites (tertiary alicyclic amines) is 1. The molecule has 1 aliphatic rings. The second kappa shape index (κ2) is 10.9. The standard InChI is InChI=1S/C16H29N5O.HI/c1-4-18-16(19-8-11-22-5-2)20-9-6-14(3)15(12-20)21-10-7-17-13-21;/h7,10,13-15H,4-6,8-9,11-12H2,1-3H3,(H,18,19);1H. The molecule has 1 aliphatic heterocycles. The minimum Gasteiger partial charge on any atom is -0.380 e. The molecule has 0 radical (unpaired) electrons. The predicted molar refractivity (Wildman–Crippen MR) is 105 cm³/mol. The molecule has 0 aliphatic carbocycles. The fraction of sp³-hybridized carbons (Fsp3) is 0.750. The molecule has 2 atom stereocenters. The van der Waals surface area contributed by atoms with E-state index in [1.807, 2.05) is 19.4 Å². The Morgan fingerprint density at radius 1 is 1.43 bits per heavy atom. The molecule has 1 aromatic rings. The third-order valence-electron chi connectivity index (χ3n) is 4.16. The monoisotopic (exact) mass is 435 g/mol. The van der Waals surface area contributed by atoms with Crippen LogP contribution < -0.4 is 5.32 Å². The Hall–Kier alpha value is -0.830. The van der Waals surface area contributed by atoms with Crippen molar-refractivity contribution in [3.05, 3.63) is 18.7 Å². The zero-order valence-electron chi connectivity index (χ0n) is 14.4. The van der Waals surface area contributed by atoms with Crippen LogP contribution in [0.3, 0.4) is 0 Å². The van der Waals surface area contributed by atoms with E-state index >= 15 is 0 Å². The molecular formula is C16H30IN5O. The maximum atomic E-state index is 5.38. The summed E-state index contributed by atoms with van der Waals surface area (Å²) in [7, 11) is 0. The number of piperidine rings is 1. The second-order valence-electron chi connectivity index (χ2n) is 5.72. The van der Waals surface area contributed by atoms with E-state index in [-0.39, 0.29) is 24.0 Å². The van der Waals surface area contributed by atoms with E-state index in [9.17, 15) is 0 Å². The molecule has 1 fully saturated rings. The zero-order valence-corrected chi connectivity index (χ0v) is 16.8. The number of halogens is 1. The van der Waals surface area contributed by atoms with Crippen LogP contribution in [0.4, 0.5) is 0 Å². The quantitative estimate of drug-likeness (QED) is 0.323. The SMILES string of the molecule is CCNC(=NCCOCC)N1CCC(C)C(n2ccnc2)C1.I. The fourth-order valence-electron chi connectivity index (χ4n) is 2.88. The summed E-state index contributed by atoms with van der Waals surface area (Å²) in [5.74, 6) is 1.65. The van der Waals surface area contributed by atoms with Crippen LogP contribution in [0, 0.1) is 5.92 Å². The molecule has 0 spiro atoms. The van der Waals surface area contributed by atoms with Gasteiger partial charge in [0.25, 0.3) is 0 Å². The van der Waals surface area contributed by atoms with Crippen LogP contribution in [0.15, 0.2) is 23.7 Å². The lowest BCUT2D eigenvalue weighted by atomic mass is 9.93. The number of ether oxygens (including phenoxy) is 1. The average Bonchev–Trinajstić information content (AvgIpc) is 3.05. The summed E-state index contributed by atoms with van der Waals surface area (Å²) >= 11 is 0. The van der Waals surface area contributed by atoms with Gasteiger partial charge in [-0.2, -0.15) is 0 Å². The van der Waals surface area contributed by atoms with Crippen molar-refractivity contribution < 1.29 is 4.74 Å². The second-order valence-corrected chi connectivity index (χ2v) is 5.72. The largest absolute Gasteiger partial charge is 0.380 e. The lowest BCUT2D eigenvalue weighted by Gasteiger charge is -2.39. The van der Waals surface area contributed by atoms with E-state index in [0.717, 1.165) is 32.2 Å². The molecule has 0 aromatic carbocycles. The minimum absolute atomic E-state index is 0. The predicted octanol–water partition coefficient (Wildman–Crippen LogP) is 2.39. The highest BCUT2D eigenvalue weighted by Gasteiger charge is 2.28. The van der Waals surface area contributed by atoms with Crippen molar-refractivity contribution in [2.45, 2.75) is 33.2 Å². The Morgan fingerprint density at radius 3 is 2.91 bits per heavy atom. The summed E-state index contributed by atoms with van der Waals surface area (Å²) in [5, 5.41) is 3.41. The van der Waals surface area contributed by atoms with Gasteiger partial charge in [0.05, 0.1) is 25.5 Å².